The standard InChI is InChI=1S/C14H15N3OS2/c1-8-9(2)20-14-12(8)13(18)16-11(17-14)6-15-5-10-3-4-19-7-10/h3-4,7,15H,5-6H2,1-2H3,(H,16,17,18). The zero-order chi connectivity index (χ0) is 14.1. The average Bonchev–Trinajstić information content (AvgIpc) is 2.99. The SMILES string of the molecule is Cc1sc2nc(CNCc3ccsc3)[nH]c(=O)c2c1C. The Morgan fingerprint density at radius 1 is 1.35 bits per heavy atom. The second kappa shape index (κ2) is 5.47. The van der Waals surface area contributed by atoms with Crippen LogP contribution in [0.25, 0.3) is 10.2 Å². The van der Waals surface area contributed by atoms with E-state index in [1.165, 1.54) is 5.56 Å². The van der Waals surface area contributed by atoms with E-state index in [1.807, 2.05) is 13.8 Å². The van der Waals surface area contributed by atoms with Crippen LogP contribution < -0.4 is 10.9 Å². The van der Waals surface area contributed by atoms with Crippen LogP contribution in [0.1, 0.15) is 21.8 Å². The normalized spacial score (nSPS) is 11.3. The molecular weight excluding hydrogens is 290 g/mol. The summed E-state index contributed by atoms with van der Waals surface area (Å²) in [4.78, 5) is 21.5. The van der Waals surface area contributed by atoms with Gasteiger partial charge in [-0.1, -0.05) is 0 Å². The van der Waals surface area contributed by atoms with Crippen LogP contribution in [-0.4, -0.2) is 9.97 Å². The van der Waals surface area contributed by atoms with Gasteiger partial charge in [-0.2, -0.15) is 11.3 Å². The number of nitrogens with zero attached hydrogens (tertiary/aromatic N) is 1. The summed E-state index contributed by atoms with van der Waals surface area (Å²) in [5, 5.41) is 8.19. The Kier molecular flexibility index (Phi) is 3.69. The molecule has 0 aliphatic rings. The van der Waals surface area contributed by atoms with Crippen molar-refractivity contribution in [3.8, 4) is 0 Å². The Morgan fingerprint density at radius 2 is 2.20 bits per heavy atom. The lowest BCUT2D eigenvalue weighted by Crippen LogP contribution is -2.18. The summed E-state index contributed by atoms with van der Waals surface area (Å²) in [6.07, 6.45) is 0. The second-order valence-electron chi connectivity index (χ2n) is 4.71. The molecule has 104 valence electrons. The van der Waals surface area contributed by atoms with Gasteiger partial charge >= 0.3 is 0 Å². The lowest BCUT2D eigenvalue weighted by atomic mass is 10.2. The topological polar surface area (TPSA) is 57.8 Å². The van der Waals surface area contributed by atoms with E-state index < -0.39 is 0 Å². The van der Waals surface area contributed by atoms with E-state index in [4.69, 9.17) is 0 Å². The summed E-state index contributed by atoms with van der Waals surface area (Å²) in [7, 11) is 0. The maximum atomic E-state index is 12.1. The quantitative estimate of drug-likeness (QED) is 0.779. The van der Waals surface area contributed by atoms with Crippen molar-refractivity contribution in [3.63, 3.8) is 0 Å². The molecule has 2 N–H and O–H groups in total. The molecule has 0 spiro atoms. The highest BCUT2D eigenvalue weighted by molar-refractivity contribution is 7.18. The first-order valence-electron chi connectivity index (χ1n) is 6.36. The number of aromatic amines is 1. The monoisotopic (exact) mass is 305 g/mol. The van der Waals surface area contributed by atoms with E-state index >= 15 is 0 Å². The molecule has 3 aromatic heterocycles. The van der Waals surface area contributed by atoms with E-state index in [0.717, 1.165) is 27.2 Å². The molecule has 3 heterocycles. The number of hydrogen-bond acceptors (Lipinski definition) is 5. The molecule has 0 radical (unpaired) electrons. The van der Waals surface area contributed by atoms with Crippen LogP contribution in [0.15, 0.2) is 21.6 Å². The summed E-state index contributed by atoms with van der Waals surface area (Å²) in [6, 6.07) is 2.09. The molecule has 0 aliphatic carbocycles. The Hall–Kier alpha value is -1.50. The number of rotatable bonds is 4. The van der Waals surface area contributed by atoms with Crippen LogP contribution in [0.3, 0.4) is 0 Å². The van der Waals surface area contributed by atoms with Gasteiger partial charge in [-0.3, -0.25) is 4.79 Å². The molecule has 0 atom stereocenters. The van der Waals surface area contributed by atoms with Crippen LogP contribution in [0.4, 0.5) is 0 Å². The van der Waals surface area contributed by atoms with Gasteiger partial charge in [0.1, 0.15) is 10.7 Å². The summed E-state index contributed by atoms with van der Waals surface area (Å²) >= 11 is 3.26. The minimum atomic E-state index is -0.0378. The highest BCUT2D eigenvalue weighted by Crippen LogP contribution is 2.25. The Labute approximate surface area is 124 Å². The van der Waals surface area contributed by atoms with E-state index in [2.05, 4.69) is 32.1 Å². The van der Waals surface area contributed by atoms with Gasteiger partial charge in [0.2, 0.25) is 0 Å². The smallest absolute Gasteiger partial charge is 0.259 e. The molecule has 0 saturated heterocycles. The van der Waals surface area contributed by atoms with Gasteiger partial charge < -0.3 is 10.3 Å². The molecule has 0 saturated carbocycles. The fourth-order valence-corrected chi connectivity index (χ4v) is 3.82. The molecule has 3 aromatic rings. The summed E-state index contributed by atoms with van der Waals surface area (Å²) < 4.78 is 0. The van der Waals surface area contributed by atoms with Crippen LogP contribution in [0.2, 0.25) is 0 Å². The first-order valence-corrected chi connectivity index (χ1v) is 8.12. The van der Waals surface area contributed by atoms with E-state index in [0.29, 0.717) is 12.4 Å². The zero-order valence-corrected chi connectivity index (χ0v) is 13.0. The van der Waals surface area contributed by atoms with Crippen LogP contribution in [0.5, 0.6) is 0 Å². The zero-order valence-electron chi connectivity index (χ0n) is 11.3. The number of hydrogen-bond donors (Lipinski definition) is 2. The molecule has 3 rings (SSSR count). The Bertz CT molecular complexity index is 787. The fourth-order valence-electron chi connectivity index (χ4n) is 2.10. The van der Waals surface area contributed by atoms with Gasteiger partial charge in [-0.05, 0) is 41.8 Å². The number of H-pyrrole nitrogens is 1. The molecule has 0 amide bonds. The Balaban J connectivity index is 1.80. The van der Waals surface area contributed by atoms with Gasteiger partial charge in [-0.15, -0.1) is 11.3 Å². The van der Waals surface area contributed by atoms with Crippen molar-refractivity contribution in [2.24, 2.45) is 0 Å². The number of nitrogens with one attached hydrogen (secondary N) is 2. The summed E-state index contributed by atoms with van der Waals surface area (Å²) in [5.74, 6) is 0.693. The minimum Gasteiger partial charge on any atom is -0.309 e. The van der Waals surface area contributed by atoms with Crippen LogP contribution >= 0.6 is 22.7 Å². The first kappa shape index (κ1) is 13.5. The molecule has 0 aliphatic heterocycles. The van der Waals surface area contributed by atoms with E-state index in [9.17, 15) is 4.79 Å². The van der Waals surface area contributed by atoms with E-state index in [1.54, 1.807) is 22.7 Å². The van der Waals surface area contributed by atoms with Gasteiger partial charge in [0.25, 0.3) is 5.56 Å². The van der Waals surface area contributed by atoms with Crippen molar-refractivity contribution >= 4 is 32.9 Å². The van der Waals surface area contributed by atoms with Gasteiger partial charge in [0, 0.05) is 11.4 Å². The lowest BCUT2D eigenvalue weighted by Gasteiger charge is -2.03. The van der Waals surface area contributed by atoms with Crippen molar-refractivity contribution in [1.82, 2.24) is 15.3 Å². The molecule has 4 nitrogen and oxygen atoms in total. The second-order valence-corrected chi connectivity index (χ2v) is 6.69. The van der Waals surface area contributed by atoms with Crippen molar-refractivity contribution in [2.75, 3.05) is 0 Å². The summed E-state index contributed by atoms with van der Waals surface area (Å²) in [5.41, 5.74) is 2.25. The fraction of sp³-hybridized carbons (Fsp3) is 0.286. The predicted molar refractivity (Wildman–Crippen MR) is 84.6 cm³/mol. The maximum absolute atomic E-state index is 12.1. The highest BCUT2D eigenvalue weighted by Gasteiger charge is 2.11. The van der Waals surface area contributed by atoms with Gasteiger partial charge in [0.05, 0.1) is 11.9 Å². The largest absolute Gasteiger partial charge is 0.309 e. The van der Waals surface area contributed by atoms with Crippen molar-refractivity contribution in [3.05, 3.63) is 49.0 Å². The molecule has 0 aromatic carbocycles. The average molecular weight is 305 g/mol. The van der Waals surface area contributed by atoms with Crippen molar-refractivity contribution < 1.29 is 0 Å². The third kappa shape index (κ3) is 2.54. The van der Waals surface area contributed by atoms with Crippen molar-refractivity contribution in [2.45, 2.75) is 26.9 Å². The van der Waals surface area contributed by atoms with Gasteiger partial charge in [-0.25, -0.2) is 4.98 Å². The molecule has 0 bridgehead atoms. The molecular formula is C14H15N3OS2. The third-order valence-electron chi connectivity index (χ3n) is 3.29. The van der Waals surface area contributed by atoms with Crippen molar-refractivity contribution in [1.29, 1.82) is 0 Å². The minimum absolute atomic E-state index is 0.0378. The summed E-state index contributed by atoms with van der Waals surface area (Å²) in [6.45, 7) is 5.35. The van der Waals surface area contributed by atoms with Gasteiger partial charge in [0.15, 0.2) is 0 Å². The number of aryl methyl sites for hydroxylation is 2. The molecule has 6 heteroatoms. The highest BCUT2D eigenvalue weighted by atomic mass is 32.1. The molecule has 20 heavy (non-hydrogen) atoms. The number of fused-ring (bicyclic) bond motifs is 1. The maximum Gasteiger partial charge on any atom is 0.259 e. The Morgan fingerprint density at radius 3 is 2.95 bits per heavy atom. The van der Waals surface area contributed by atoms with E-state index in [-0.39, 0.29) is 5.56 Å². The first-order chi connectivity index (χ1) is 9.65. The van der Waals surface area contributed by atoms with Crippen LogP contribution in [-0.2, 0) is 13.1 Å². The predicted octanol–water partition coefficient (Wildman–Crippen LogP) is 2.95. The number of aromatic nitrogens is 2. The lowest BCUT2D eigenvalue weighted by molar-refractivity contribution is 0.665. The molecule has 0 fully saturated rings. The molecule has 0 unspecified atom stereocenters. The van der Waals surface area contributed by atoms with Crippen LogP contribution in [0, 0.1) is 13.8 Å². The number of thiophene rings is 2. The third-order valence-corrected chi connectivity index (χ3v) is 5.12.